The Morgan fingerprint density at radius 3 is 2.42 bits per heavy atom. The summed E-state index contributed by atoms with van der Waals surface area (Å²) in [5, 5.41) is 20.2. The van der Waals surface area contributed by atoms with Crippen molar-refractivity contribution in [2.75, 3.05) is 6.61 Å². The Morgan fingerprint density at radius 2 is 1.73 bits per heavy atom. The van der Waals surface area contributed by atoms with Gasteiger partial charge in [0.15, 0.2) is 0 Å². The van der Waals surface area contributed by atoms with Crippen molar-refractivity contribution in [1.82, 2.24) is 0 Å². The van der Waals surface area contributed by atoms with E-state index in [1.54, 1.807) is 0 Å². The minimum absolute atomic E-state index is 0.0681. The van der Waals surface area contributed by atoms with Gasteiger partial charge in [0.2, 0.25) is 0 Å². The van der Waals surface area contributed by atoms with Crippen LogP contribution in [0.5, 0.6) is 0 Å². The zero-order chi connectivity index (χ0) is 18.1. The van der Waals surface area contributed by atoms with Crippen LogP contribution in [0, 0.1) is 0 Å². The zero-order valence-electron chi connectivity index (χ0n) is 14.8. The average Bonchev–Trinajstić information content (AvgIpc) is 3.49. The molecule has 2 aromatic carbocycles. The summed E-state index contributed by atoms with van der Waals surface area (Å²) in [5.41, 5.74) is 4.75. The molecule has 3 atom stereocenters. The van der Waals surface area contributed by atoms with E-state index < -0.39 is 6.10 Å². The summed E-state index contributed by atoms with van der Waals surface area (Å²) in [7, 11) is 0. The average molecular weight is 373 g/mol. The van der Waals surface area contributed by atoms with Gasteiger partial charge in [0.05, 0.1) is 24.9 Å². The Morgan fingerprint density at radius 1 is 1.00 bits per heavy atom. The lowest BCUT2D eigenvalue weighted by Crippen LogP contribution is -2.33. The van der Waals surface area contributed by atoms with E-state index in [1.807, 2.05) is 12.1 Å². The van der Waals surface area contributed by atoms with Crippen LogP contribution in [0.1, 0.15) is 60.0 Å². The molecule has 3 unspecified atom stereocenters. The Hall–Kier alpha value is -1.39. The van der Waals surface area contributed by atoms with E-state index in [1.165, 1.54) is 24.0 Å². The molecule has 1 saturated carbocycles. The number of aliphatic hydroxyl groups is 2. The molecule has 2 fully saturated rings. The van der Waals surface area contributed by atoms with E-state index in [4.69, 9.17) is 16.3 Å². The van der Waals surface area contributed by atoms with Gasteiger partial charge in [-0.3, -0.25) is 0 Å². The molecule has 26 heavy (non-hydrogen) atoms. The molecule has 4 heteroatoms. The highest BCUT2D eigenvalue weighted by Gasteiger charge is 2.29. The third-order valence-electron chi connectivity index (χ3n) is 5.45. The van der Waals surface area contributed by atoms with E-state index >= 15 is 0 Å². The minimum atomic E-state index is -0.444. The molecule has 2 aromatic rings. The second-order valence-electron chi connectivity index (χ2n) is 7.60. The Bertz CT molecular complexity index is 754. The van der Waals surface area contributed by atoms with E-state index in [2.05, 4.69) is 30.3 Å². The highest BCUT2D eigenvalue weighted by molar-refractivity contribution is 6.31. The first kappa shape index (κ1) is 18.0. The lowest BCUT2D eigenvalue weighted by Gasteiger charge is -2.32. The first-order valence-electron chi connectivity index (χ1n) is 9.44. The van der Waals surface area contributed by atoms with Crippen LogP contribution in [0.3, 0.4) is 0 Å². The maximum Gasteiger partial charge on any atom is 0.0854 e. The van der Waals surface area contributed by atoms with Crippen molar-refractivity contribution in [3.05, 3.63) is 69.7 Å². The lowest BCUT2D eigenvalue weighted by molar-refractivity contribution is -0.113. The summed E-state index contributed by atoms with van der Waals surface area (Å²) in [6.07, 6.45) is 3.48. The third kappa shape index (κ3) is 4.12. The molecule has 1 aliphatic heterocycles. The fourth-order valence-electron chi connectivity index (χ4n) is 3.80. The van der Waals surface area contributed by atoms with Gasteiger partial charge in [-0.25, -0.2) is 0 Å². The Labute approximate surface area is 159 Å². The molecular weight excluding hydrogens is 348 g/mol. The lowest BCUT2D eigenvalue weighted by atomic mass is 9.94. The standard InChI is InChI=1S/C22H25ClO3/c23-21-8-7-17(22-12-19(25)11-20(13-24)26-22)10-18(21)9-14-1-3-15(4-2-14)16-5-6-16/h1-4,7-8,10,16,19-20,22,24-25H,5-6,9,11-13H2. The molecule has 4 rings (SSSR count). The smallest absolute Gasteiger partial charge is 0.0854 e. The van der Waals surface area contributed by atoms with Gasteiger partial charge < -0.3 is 14.9 Å². The monoisotopic (exact) mass is 372 g/mol. The van der Waals surface area contributed by atoms with Gasteiger partial charge >= 0.3 is 0 Å². The van der Waals surface area contributed by atoms with E-state index in [-0.39, 0.29) is 18.8 Å². The summed E-state index contributed by atoms with van der Waals surface area (Å²) >= 11 is 6.43. The summed E-state index contributed by atoms with van der Waals surface area (Å²) < 4.78 is 5.93. The van der Waals surface area contributed by atoms with Crippen LogP contribution in [0.2, 0.25) is 5.02 Å². The molecule has 0 aromatic heterocycles. The number of benzene rings is 2. The normalized spacial score (nSPS) is 26.0. The van der Waals surface area contributed by atoms with Gasteiger partial charge in [-0.15, -0.1) is 0 Å². The van der Waals surface area contributed by atoms with Crippen molar-refractivity contribution in [3.8, 4) is 0 Å². The number of hydrogen-bond donors (Lipinski definition) is 2. The fraction of sp³-hybridized carbons (Fsp3) is 0.455. The number of ether oxygens (including phenoxy) is 1. The van der Waals surface area contributed by atoms with E-state index in [0.29, 0.717) is 12.8 Å². The van der Waals surface area contributed by atoms with Gasteiger partial charge in [-0.05, 0) is 53.5 Å². The van der Waals surface area contributed by atoms with Crippen molar-refractivity contribution in [3.63, 3.8) is 0 Å². The van der Waals surface area contributed by atoms with Crippen molar-refractivity contribution >= 4 is 11.6 Å². The zero-order valence-corrected chi connectivity index (χ0v) is 15.5. The van der Waals surface area contributed by atoms with Crippen molar-refractivity contribution in [1.29, 1.82) is 0 Å². The number of hydrogen-bond acceptors (Lipinski definition) is 3. The second-order valence-corrected chi connectivity index (χ2v) is 8.01. The fourth-order valence-corrected chi connectivity index (χ4v) is 3.98. The molecule has 0 radical (unpaired) electrons. The van der Waals surface area contributed by atoms with Crippen LogP contribution < -0.4 is 0 Å². The summed E-state index contributed by atoms with van der Waals surface area (Å²) in [5.74, 6) is 0.769. The topological polar surface area (TPSA) is 49.7 Å². The summed E-state index contributed by atoms with van der Waals surface area (Å²) in [4.78, 5) is 0. The molecule has 1 aliphatic carbocycles. The van der Waals surface area contributed by atoms with Gasteiger partial charge in [0.1, 0.15) is 0 Å². The predicted octanol–water partition coefficient (Wildman–Crippen LogP) is 4.38. The maximum atomic E-state index is 10.1. The van der Waals surface area contributed by atoms with Crippen LogP contribution in [-0.2, 0) is 11.2 Å². The van der Waals surface area contributed by atoms with Gasteiger partial charge in [0, 0.05) is 17.9 Å². The molecule has 3 nitrogen and oxygen atoms in total. The first-order valence-corrected chi connectivity index (χ1v) is 9.81. The van der Waals surface area contributed by atoms with Gasteiger partial charge in [0.25, 0.3) is 0 Å². The third-order valence-corrected chi connectivity index (χ3v) is 5.81. The second kappa shape index (κ2) is 7.69. The van der Waals surface area contributed by atoms with Crippen LogP contribution in [0.4, 0.5) is 0 Å². The number of rotatable bonds is 5. The molecule has 0 bridgehead atoms. The highest BCUT2D eigenvalue weighted by Crippen LogP contribution is 2.40. The molecule has 2 aliphatic rings. The SMILES string of the molecule is OCC1CC(O)CC(c2ccc(Cl)c(Cc3ccc(C4CC4)cc3)c2)O1. The summed E-state index contributed by atoms with van der Waals surface area (Å²) in [6.45, 7) is -0.0681. The molecule has 1 saturated heterocycles. The minimum Gasteiger partial charge on any atom is -0.394 e. The van der Waals surface area contributed by atoms with E-state index in [9.17, 15) is 10.2 Å². The first-order chi connectivity index (χ1) is 12.6. The van der Waals surface area contributed by atoms with Crippen LogP contribution >= 0.6 is 11.6 Å². The Balaban J connectivity index is 1.52. The highest BCUT2D eigenvalue weighted by atomic mass is 35.5. The van der Waals surface area contributed by atoms with Crippen molar-refractivity contribution in [2.45, 2.75) is 56.3 Å². The maximum absolute atomic E-state index is 10.1. The molecule has 138 valence electrons. The Kier molecular flexibility index (Phi) is 5.32. The molecular formula is C22H25ClO3. The largest absolute Gasteiger partial charge is 0.394 e. The van der Waals surface area contributed by atoms with Crippen LogP contribution in [0.15, 0.2) is 42.5 Å². The quantitative estimate of drug-likeness (QED) is 0.818. The molecule has 1 heterocycles. The van der Waals surface area contributed by atoms with Gasteiger partial charge in [-0.2, -0.15) is 0 Å². The van der Waals surface area contributed by atoms with E-state index in [0.717, 1.165) is 28.5 Å². The molecule has 2 N–H and O–H groups in total. The molecule has 0 amide bonds. The predicted molar refractivity (Wildman–Crippen MR) is 103 cm³/mol. The van der Waals surface area contributed by atoms with Gasteiger partial charge in [-0.1, -0.05) is 48.0 Å². The summed E-state index contributed by atoms with van der Waals surface area (Å²) in [6, 6.07) is 14.8. The number of halogens is 1. The number of aliphatic hydroxyl groups excluding tert-OH is 2. The van der Waals surface area contributed by atoms with Crippen molar-refractivity contribution in [2.24, 2.45) is 0 Å². The van der Waals surface area contributed by atoms with Crippen LogP contribution in [-0.4, -0.2) is 29.0 Å². The van der Waals surface area contributed by atoms with Crippen LogP contribution in [0.25, 0.3) is 0 Å². The van der Waals surface area contributed by atoms with Crippen molar-refractivity contribution < 1.29 is 14.9 Å². The molecule has 0 spiro atoms.